The summed E-state index contributed by atoms with van der Waals surface area (Å²) >= 11 is 0. The van der Waals surface area contributed by atoms with Gasteiger partial charge in [-0.2, -0.15) is 0 Å². The molecule has 0 aliphatic carbocycles. The lowest BCUT2D eigenvalue weighted by Gasteiger charge is -2.17. The third-order valence-corrected chi connectivity index (χ3v) is 4.22. The number of carbonyl (C=O) groups is 1. The van der Waals surface area contributed by atoms with Crippen LogP contribution in [0.25, 0.3) is 0 Å². The van der Waals surface area contributed by atoms with Gasteiger partial charge >= 0.3 is 6.09 Å². The molecule has 1 N–H and O–H groups in total. The summed E-state index contributed by atoms with van der Waals surface area (Å²) in [7, 11) is 1.60. The van der Waals surface area contributed by atoms with Crippen molar-refractivity contribution in [1.82, 2.24) is 0 Å². The van der Waals surface area contributed by atoms with Crippen LogP contribution < -0.4 is 9.64 Å². The van der Waals surface area contributed by atoms with Crippen LogP contribution in [0.1, 0.15) is 12.0 Å². The van der Waals surface area contributed by atoms with E-state index in [0.29, 0.717) is 13.0 Å². The van der Waals surface area contributed by atoms with E-state index in [1.54, 1.807) is 31.4 Å². The number of anilines is 1. The van der Waals surface area contributed by atoms with E-state index < -0.39 is 18.3 Å². The van der Waals surface area contributed by atoms with E-state index in [-0.39, 0.29) is 0 Å². The number of aliphatic hydroxyl groups excluding tert-OH is 1. The van der Waals surface area contributed by atoms with Crippen LogP contribution in [-0.2, 0) is 11.2 Å². The average molecular weight is 327 g/mol. The number of benzene rings is 2. The highest BCUT2D eigenvalue weighted by Gasteiger charge is 2.36. The quantitative estimate of drug-likeness (QED) is 0.886. The van der Waals surface area contributed by atoms with Crippen LogP contribution in [0.5, 0.6) is 5.75 Å². The molecule has 1 amide bonds. The molecule has 5 heteroatoms. The van der Waals surface area contributed by atoms with Gasteiger partial charge in [0.1, 0.15) is 11.9 Å². The van der Waals surface area contributed by atoms with Crippen molar-refractivity contribution in [1.29, 1.82) is 0 Å². The van der Waals surface area contributed by atoms with Gasteiger partial charge in [-0.15, -0.1) is 0 Å². The van der Waals surface area contributed by atoms with Crippen molar-refractivity contribution in [3.8, 4) is 5.75 Å². The molecule has 0 spiro atoms. The zero-order valence-electron chi connectivity index (χ0n) is 13.6. The fraction of sp³-hybridized carbons (Fsp3) is 0.316. The minimum absolute atomic E-state index is 0.348. The molecule has 2 aromatic carbocycles. The molecule has 0 radical (unpaired) electrons. The van der Waals surface area contributed by atoms with Crippen LogP contribution in [0.15, 0.2) is 54.6 Å². The molecule has 1 heterocycles. The van der Waals surface area contributed by atoms with Crippen molar-refractivity contribution in [2.75, 3.05) is 18.6 Å². The van der Waals surface area contributed by atoms with Crippen LogP contribution in [-0.4, -0.2) is 37.1 Å². The van der Waals surface area contributed by atoms with Gasteiger partial charge in [-0.05, 0) is 42.7 Å². The van der Waals surface area contributed by atoms with E-state index in [1.807, 2.05) is 30.3 Å². The molecular weight excluding hydrogens is 306 g/mol. The predicted molar refractivity (Wildman–Crippen MR) is 91.4 cm³/mol. The van der Waals surface area contributed by atoms with Gasteiger partial charge in [0.2, 0.25) is 0 Å². The first-order valence-corrected chi connectivity index (χ1v) is 8.01. The van der Waals surface area contributed by atoms with Gasteiger partial charge in [0.15, 0.2) is 0 Å². The van der Waals surface area contributed by atoms with Crippen LogP contribution in [0.3, 0.4) is 0 Å². The summed E-state index contributed by atoms with van der Waals surface area (Å²) in [6, 6.07) is 17.2. The molecule has 24 heavy (non-hydrogen) atoms. The van der Waals surface area contributed by atoms with Gasteiger partial charge in [-0.3, -0.25) is 4.90 Å². The number of amides is 1. The number of aliphatic hydroxyl groups is 1. The topological polar surface area (TPSA) is 59.0 Å². The number of ether oxygens (including phenoxy) is 2. The summed E-state index contributed by atoms with van der Waals surface area (Å²) in [5.41, 5.74) is 1.89. The third kappa shape index (κ3) is 3.68. The number of hydrogen-bond donors (Lipinski definition) is 1. The summed E-state index contributed by atoms with van der Waals surface area (Å²) in [4.78, 5) is 13.6. The van der Waals surface area contributed by atoms with Gasteiger partial charge in [-0.25, -0.2) is 4.79 Å². The van der Waals surface area contributed by atoms with Gasteiger partial charge < -0.3 is 14.6 Å². The van der Waals surface area contributed by atoms with E-state index in [0.717, 1.165) is 23.4 Å². The molecule has 2 atom stereocenters. The molecule has 1 aliphatic rings. The fourth-order valence-corrected chi connectivity index (χ4v) is 2.80. The summed E-state index contributed by atoms with van der Waals surface area (Å²) in [5.74, 6) is 0.728. The maximum atomic E-state index is 12.1. The SMILES string of the molecule is COc1ccc(N2CC(C(O)CCc3ccccc3)OC2=O)cc1. The molecule has 0 bridgehead atoms. The molecule has 1 fully saturated rings. The lowest BCUT2D eigenvalue weighted by molar-refractivity contribution is 0.0282. The first-order chi connectivity index (χ1) is 11.7. The van der Waals surface area contributed by atoms with Gasteiger partial charge in [0.25, 0.3) is 0 Å². The normalized spacial score (nSPS) is 18.3. The van der Waals surface area contributed by atoms with Gasteiger partial charge in [-0.1, -0.05) is 30.3 Å². The number of cyclic esters (lactones) is 1. The number of hydrogen-bond acceptors (Lipinski definition) is 4. The smallest absolute Gasteiger partial charge is 0.414 e. The van der Waals surface area contributed by atoms with Crippen molar-refractivity contribution in [3.05, 3.63) is 60.2 Å². The standard InChI is InChI=1S/C19H21NO4/c1-23-16-10-8-15(9-11-16)20-13-18(24-19(20)22)17(21)12-7-14-5-3-2-4-6-14/h2-6,8-11,17-18,21H,7,12-13H2,1H3. The molecular formula is C19H21NO4. The van der Waals surface area contributed by atoms with E-state index in [2.05, 4.69) is 0 Å². The zero-order valence-corrected chi connectivity index (χ0v) is 13.6. The largest absolute Gasteiger partial charge is 0.497 e. The van der Waals surface area contributed by atoms with E-state index in [4.69, 9.17) is 9.47 Å². The highest BCUT2D eigenvalue weighted by molar-refractivity contribution is 5.89. The Bertz CT molecular complexity index is 672. The second-order valence-electron chi connectivity index (χ2n) is 5.82. The molecule has 1 saturated heterocycles. The van der Waals surface area contributed by atoms with Crippen molar-refractivity contribution in [2.45, 2.75) is 25.0 Å². The highest BCUT2D eigenvalue weighted by Crippen LogP contribution is 2.26. The molecule has 2 unspecified atom stereocenters. The van der Waals surface area contributed by atoms with E-state index in [9.17, 15) is 9.90 Å². The maximum Gasteiger partial charge on any atom is 0.414 e. The summed E-state index contributed by atoms with van der Waals surface area (Å²) in [6.45, 7) is 0.348. The number of nitrogens with zero attached hydrogens (tertiary/aromatic N) is 1. The molecule has 2 aromatic rings. The molecule has 126 valence electrons. The van der Waals surface area contributed by atoms with E-state index >= 15 is 0 Å². The van der Waals surface area contributed by atoms with Crippen molar-refractivity contribution in [3.63, 3.8) is 0 Å². The molecule has 0 aromatic heterocycles. The fourth-order valence-electron chi connectivity index (χ4n) is 2.80. The van der Waals surface area contributed by atoms with Crippen molar-refractivity contribution < 1.29 is 19.4 Å². The van der Waals surface area contributed by atoms with Gasteiger partial charge in [0, 0.05) is 5.69 Å². The Morgan fingerprint density at radius 3 is 2.58 bits per heavy atom. The number of methoxy groups -OCH3 is 1. The Morgan fingerprint density at radius 2 is 1.92 bits per heavy atom. The predicted octanol–water partition coefficient (Wildman–Crippen LogP) is 3.01. The summed E-state index contributed by atoms with van der Waals surface area (Å²) < 4.78 is 10.5. The molecule has 0 saturated carbocycles. The Kier molecular flexibility index (Phi) is 5.01. The second kappa shape index (κ2) is 7.36. The van der Waals surface area contributed by atoms with Crippen LogP contribution in [0.4, 0.5) is 10.5 Å². The van der Waals surface area contributed by atoms with Crippen molar-refractivity contribution >= 4 is 11.8 Å². The first kappa shape index (κ1) is 16.3. The second-order valence-corrected chi connectivity index (χ2v) is 5.82. The average Bonchev–Trinajstić information content (AvgIpc) is 3.02. The Morgan fingerprint density at radius 1 is 1.21 bits per heavy atom. The summed E-state index contributed by atoms with van der Waals surface area (Å²) in [6.07, 6.45) is -0.318. The number of aryl methyl sites for hydroxylation is 1. The minimum Gasteiger partial charge on any atom is -0.497 e. The molecule has 3 rings (SSSR count). The monoisotopic (exact) mass is 327 g/mol. The molecule has 1 aliphatic heterocycles. The Labute approximate surface area is 141 Å². The van der Waals surface area contributed by atoms with Crippen molar-refractivity contribution in [2.24, 2.45) is 0 Å². The zero-order chi connectivity index (χ0) is 16.9. The lowest BCUT2D eigenvalue weighted by Crippen LogP contribution is -2.31. The number of carbonyl (C=O) groups excluding carboxylic acids is 1. The lowest BCUT2D eigenvalue weighted by atomic mass is 10.0. The van der Waals surface area contributed by atoms with Gasteiger partial charge in [0.05, 0.1) is 19.8 Å². The van der Waals surface area contributed by atoms with Crippen LogP contribution >= 0.6 is 0 Å². The minimum atomic E-state index is -0.683. The highest BCUT2D eigenvalue weighted by atomic mass is 16.6. The molecule has 5 nitrogen and oxygen atoms in total. The maximum absolute atomic E-state index is 12.1. The Hall–Kier alpha value is -2.53. The Balaban J connectivity index is 1.59. The summed E-state index contributed by atoms with van der Waals surface area (Å²) in [5, 5.41) is 10.4. The van der Waals surface area contributed by atoms with Crippen LogP contribution in [0, 0.1) is 0 Å². The first-order valence-electron chi connectivity index (χ1n) is 8.01. The van der Waals surface area contributed by atoms with E-state index in [1.165, 1.54) is 4.90 Å². The third-order valence-electron chi connectivity index (χ3n) is 4.22. The van der Waals surface area contributed by atoms with Crippen LogP contribution in [0.2, 0.25) is 0 Å². The number of rotatable bonds is 6.